The number of rotatable bonds is 2. The third-order valence-corrected chi connectivity index (χ3v) is 27.2. The van der Waals surface area contributed by atoms with Crippen LogP contribution in [0.4, 0.5) is 0 Å². The topological polar surface area (TPSA) is 92.3 Å². The van der Waals surface area contributed by atoms with Crippen LogP contribution in [0.15, 0.2) is 0 Å². The molecule has 2 rings (SSSR count). The Balaban J connectivity index is 1.74. The van der Waals surface area contributed by atoms with Crippen LogP contribution in [0.3, 0.4) is 0 Å². The molecule has 124 valence electrons. The smallest absolute Gasteiger partial charge is 0.369 e. The molecule has 0 unspecified atom stereocenters. The van der Waals surface area contributed by atoms with Crippen LogP contribution in [0.5, 0.6) is 0 Å². The molecule has 0 aromatic carbocycles. The van der Waals surface area contributed by atoms with Gasteiger partial charge >= 0.3 is 16.9 Å². The average molecular weight is 491 g/mol. The Morgan fingerprint density at radius 3 is 1.05 bits per heavy atom. The van der Waals surface area contributed by atoms with Crippen molar-refractivity contribution in [2.75, 3.05) is 0 Å². The molecular formula is H18O10SSi10. The van der Waals surface area contributed by atoms with E-state index in [1.54, 1.807) is 10.7 Å². The van der Waals surface area contributed by atoms with Crippen molar-refractivity contribution in [1.29, 1.82) is 0 Å². The normalized spacial score (nSPS) is 40.6. The van der Waals surface area contributed by atoms with Gasteiger partial charge in [0, 0.05) is 0 Å². The predicted molar refractivity (Wildman–Crippen MR) is 101 cm³/mol. The first-order valence-corrected chi connectivity index (χ1v) is 20.9. The monoisotopic (exact) mass is 490 g/mol. The molecule has 2 aliphatic rings. The second-order valence-electron chi connectivity index (χ2n) is 3.55. The standard InChI is InChI=1S/H18O10SSi10/c1-12-3-16-7-20(8-17-4-13-1)11-21-9-18-5-14-2-15-6-19-10-21/h20-21H,12-19H2. The lowest BCUT2D eigenvalue weighted by atomic mass is 15.7. The van der Waals surface area contributed by atoms with E-state index >= 15 is 0 Å². The highest BCUT2D eigenvalue weighted by Gasteiger charge is 2.26. The van der Waals surface area contributed by atoms with Crippen LogP contribution >= 0.6 is 10.7 Å². The van der Waals surface area contributed by atoms with Gasteiger partial charge in [0.05, 0.1) is 0 Å². The summed E-state index contributed by atoms with van der Waals surface area (Å²) in [5.41, 5.74) is 0. The van der Waals surface area contributed by atoms with Crippen LogP contribution in [0, 0.1) is 0 Å². The molecule has 2 heterocycles. The maximum absolute atomic E-state index is 5.79. The van der Waals surface area contributed by atoms with Crippen LogP contribution in [0.25, 0.3) is 0 Å². The molecule has 2 aliphatic heterocycles. The molecule has 0 aromatic heterocycles. The molecule has 0 bridgehead atoms. The van der Waals surface area contributed by atoms with Crippen molar-refractivity contribution in [3.8, 4) is 0 Å². The third kappa shape index (κ3) is 9.87. The van der Waals surface area contributed by atoms with Gasteiger partial charge in [-0.25, -0.2) is 0 Å². The minimum absolute atomic E-state index is 0.887. The van der Waals surface area contributed by atoms with Crippen molar-refractivity contribution >= 4 is 108 Å². The van der Waals surface area contributed by atoms with E-state index in [4.69, 9.17) is 41.2 Å². The Kier molecular flexibility index (Phi) is 12.4. The van der Waals surface area contributed by atoms with Crippen LogP contribution in [0.2, 0.25) is 0 Å². The Bertz CT molecular complexity index is 214. The summed E-state index contributed by atoms with van der Waals surface area (Å²) in [6.07, 6.45) is 0. The summed E-state index contributed by atoms with van der Waals surface area (Å²) in [5.74, 6) is 0. The Labute approximate surface area is 148 Å². The van der Waals surface area contributed by atoms with E-state index in [9.17, 15) is 0 Å². The van der Waals surface area contributed by atoms with E-state index in [-0.39, 0.29) is 0 Å². The van der Waals surface area contributed by atoms with E-state index in [1.165, 1.54) is 0 Å². The minimum atomic E-state index is -1.87. The maximum atomic E-state index is 5.79. The molecule has 21 heteroatoms. The van der Waals surface area contributed by atoms with Crippen molar-refractivity contribution in [3.05, 3.63) is 0 Å². The fraction of sp³-hybridized carbons (Fsp3) is 0. The van der Waals surface area contributed by atoms with Gasteiger partial charge in [0.25, 0.3) is 80.1 Å². The fourth-order valence-corrected chi connectivity index (χ4v) is 35.2. The van der Waals surface area contributed by atoms with E-state index in [0.29, 0.717) is 0 Å². The summed E-state index contributed by atoms with van der Waals surface area (Å²) < 4.78 is 55.6. The van der Waals surface area contributed by atoms with Gasteiger partial charge < -0.3 is 41.2 Å². The largest absolute Gasteiger partial charge is 0.425 e. The Hall–Kier alpha value is 2.12. The minimum Gasteiger partial charge on any atom is -0.425 e. The van der Waals surface area contributed by atoms with Crippen LogP contribution in [0.1, 0.15) is 0 Å². The van der Waals surface area contributed by atoms with Gasteiger partial charge in [-0.05, 0) is 0 Å². The molecule has 0 aromatic rings. The summed E-state index contributed by atoms with van der Waals surface area (Å²) >= 11 is 0. The highest BCUT2D eigenvalue weighted by atomic mass is 32.5. The van der Waals surface area contributed by atoms with E-state index < -0.39 is 96.9 Å². The molecule has 21 heavy (non-hydrogen) atoms. The molecule has 0 spiro atoms. The second-order valence-corrected chi connectivity index (χ2v) is 27.6. The molecule has 0 N–H and O–H groups in total. The highest BCUT2D eigenvalue weighted by Crippen LogP contribution is 2.15. The fourth-order valence-electron chi connectivity index (χ4n) is 1.20. The van der Waals surface area contributed by atoms with Gasteiger partial charge in [0.15, 0.2) is 0 Å². The van der Waals surface area contributed by atoms with Crippen molar-refractivity contribution in [2.45, 2.75) is 0 Å². The third-order valence-electron chi connectivity index (χ3n) is 2.04. The molecule has 2 fully saturated rings. The lowest BCUT2D eigenvalue weighted by molar-refractivity contribution is 0.342. The van der Waals surface area contributed by atoms with Gasteiger partial charge in [-0.1, -0.05) is 0 Å². The molecule has 0 radical (unpaired) electrons. The summed E-state index contributed by atoms with van der Waals surface area (Å²) in [4.78, 5) is 0. The van der Waals surface area contributed by atoms with Crippen molar-refractivity contribution < 1.29 is 41.2 Å². The Morgan fingerprint density at radius 1 is 0.429 bits per heavy atom. The lowest BCUT2D eigenvalue weighted by Crippen LogP contribution is -2.37. The van der Waals surface area contributed by atoms with Crippen LogP contribution in [-0.2, 0) is 41.2 Å². The number of hydrogen-bond donors (Lipinski definition) is 0. The maximum Gasteiger partial charge on any atom is 0.369 e. The summed E-state index contributed by atoms with van der Waals surface area (Å²) in [6, 6.07) is 0. The average Bonchev–Trinajstić information content (AvgIpc) is 2.52. The quantitative estimate of drug-likeness (QED) is 0.345. The van der Waals surface area contributed by atoms with E-state index in [1.807, 2.05) is 0 Å². The van der Waals surface area contributed by atoms with Crippen LogP contribution < -0.4 is 0 Å². The molecule has 0 saturated carbocycles. The first-order valence-electron chi connectivity index (χ1n) is 6.03. The molecular weight excluding hydrogens is 473 g/mol. The van der Waals surface area contributed by atoms with Crippen molar-refractivity contribution in [2.24, 2.45) is 0 Å². The summed E-state index contributed by atoms with van der Waals surface area (Å²) in [5, 5.41) is 0. The lowest BCUT2D eigenvalue weighted by Gasteiger charge is -2.23. The zero-order valence-corrected chi connectivity index (χ0v) is 25.7. The second kappa shape index (κ2) is 13.4. The van der Waals surface area contributed by atoms with Gasteiger partial charge in [-0.2, -0.15) is 0 Å². The van der Waals surface area contributed by atoms with Gasteiger partial charge in [0.1, 0.15) is 0 Å². The van der Waals surface area contributed by atoms with Crippen LogP contribution in [-0.4, -0.2) is 96.9 Å². The van der Waals surface area contributed by atoms with Crippen molar-refractivity contribution in [1.82, 2.24) is 0 Å². The van der Waals surface area contributed by atoms with E-state index in [0.717, 1.165) is 0 Å². The molecule has 0 atom stereocenters. The van der Waals surface area contributed by atoms with Crippen molar-refractivity contribution in [3.63, 3.8) is 0 Å². The highest BCUT2D eigenvalue weighted by molar-refractivity contribution is 8.43. The van der Waals surface area contributed by atoms with E-state index in [2.05, 4.69) is 0 Å². The summed E-state index contributed by atoms with van der Waals surface area (Å²) in [6.45, 7) is 0. The van der Waals surface area contributed by atoms with Gasteiger partial charge in [-0.3, -0.25) is 0 Å². The molecule has 0 amide bonds. The van der Waals surface area contributed by atoms with Gasteiger partial charge in [0.2, 0.25) is 0 Å². The first-order chi connectivity index (χ1) is 10.4. The summed E-state index contributed by atoms with van der Waals surface area (Å²) in [7, 11) is -9.68. The molecule has 0 aliphatic carbocycles. The first kappa shape index (κ1) is 19.4. The predicted octanol–water partition coefficient (Wildman–Crippen LogP) is -8.66. The zero-order valence-electron chi connectivity index (χ0n) is 11.3. The molecule has 10 nitrogen and oxygen atoms in total. The Morgan fingerprint density at radius 2 is 0.714 bits per heavy atom. The number of hydrogen-bond acceptors (Lipinski definition) is 11. The SMILES string of the molecule is O1[SiH2]O[SiH2]O[SiH](S[SiH]2O[SiH2]O[SiH2]O[SiH2]O[SiH2]O2)O[SiH2]O[SiH2]1. The van der Waals surface area contributed by atoms with Gasteiger partial charge in [-0.15, -0.1) is 10.7 Å². The molecule has 2 saturated heterocycles. The zero-order chi connectivity index (χ0) is 14.6.